The molecule has 14 rings (SSSR count). The number of fused-ring (bicyclic) bond motifs is 3. The number of imidazole rings is 1. The van der Waals surface area contributed by atoms with E-state index < -0.39 is 17.8 Å². The van der Waals surface area contributed by atoms with Crippen LogP contribution in [0.3, 0.4) is 0 Å². The Labute approximate surface area is 614 Å². The molecular formula is C85H88F3N11O7. The third kappa shape index (κ3) is 20.0. The predicted molar refractivity (Wildman–Crippen MR) is 411 cm³/mol. The van der Waals surface area contributed by atoms with Crippen LogP contribution >= 0.6 is 0 Å². The monoisotopic (exact) mass is 1430 g/mol. The van der Waals surface area contributed by atoms with Crippen LogP contribution in [-0.4, -0.2) is 95.4 Å². The van der Waals surface area contributed by atoms with E-state index in [9.17, 15) is 32.3 Å². The molecule has 0 aliphatic carbocycles. The lowest BCUT2D eigenvalue weighted by Crippen LogP contribution is -2.31. The number of ether oxygens (including phenoxy) is 2. The second kappa shape index (κ2) is 37.3. The Balaban J connectivity index is 0.000000143. The highest BCUT2D eigenvalue weighted by Crippen LogP contribution is 2.32. The maximum atomic E-state index is 14.7. The van der Waals surface area contributed by atoms with Crippen molar-refractivity contribution in [1.29, 1.82) is 0 Å². The number of esters is 1. The number of carbonyl (C=O) groups excluding carboxylic acids is 3. The van der Waals surface area contributed by atoms with Gasteiger partial charge in [-0.3, -0.25) is 19.2 Å². The van der Waals surface area contributed by atoms with Crippen molar-refractivity contribution in [2.24, 2.45) is 27.4 Å². The number of aryl methyl sites for hydroxylation is 3. The maximum absolute atomic E-state index is 14.7. The average Bonchev–Trinajstić information content (AvgIpc) is 1.72. The molecule has 4 aromatic heterocycles. The number of hydrogen-bond acceptors (Lipinski definition) is 12. The highest BCUT2D eigenvalue weighted by atomic mass is 19.1. The van der Waals surface area contributed by atoms with Gasteiger partial charge in [-0.25, -0.2) is 18.2 Å². The van der Waals surface area contributed by atoms with Crippen molar-refractivity contribution in [3.63, 3.8) is 0 Å². The molecule has 2 aliphatic heterocycles. The molecule has 1 fully saturated rings. The van der Waals surface area contributed by atoms with E-state index in [4.69, 9.17) is 31.8 Å². The summed E-state index contributed by atoms with van der Waals surface area (Å²) in [5, 5.41) is 24.3. The lowest BCUT2D eigenvalue weighted by atomic mass is 9.90. The molecule has 0 radical (unpaired) electrons. The minimum Gasteiger partial charge on any atom is -0.481 e. The first-order valence-corrected chi connectivity index (χ1v) is 35.9. The molecule has 6 heterocycles. The zero-order valence-corrected chi connectivity index (χ0v) is 59.3. The van der Waals surface area contributed by atoms with Crippen LogP contribution in [0, 0.1) is 17.5 Å². The summed E-state index contributed by atoms with van der Waals surface area (Å²) in [6.07, 6.45) is 7.87. The molecule has 106 heavy (non-hydrogen) atoms. The number of nitrogens with two attached hydrogens (primary N) is 3. The molecule has 3 atom stereocenters. The summed E-state index contributed by atoms with van der Waals surface area (Å²) >= 11 is 0. The number of nitrogens with zero attached hydrogens (tertiary/aromatic N) is 7. The van der Waals surface area contributed by atoms with Gasteiger partial charge < -0.3 is 55.4 Å². The summed E-state index contributed by atoms with van der Waals surface area (Å²) < 4.78 is 60.3. The van der Waals surface area contributed by atoms with Crippen LogP contribution in [0.2, 0.25) is 0 Å². The van der Waals surface area contributed by atoms with Crippen molar-refractivity contribution in [2.75, 3.05) is 19.8 Å². The van der Waals surface area contributed by atoms with Gasteiger partial charge in [-0.1, -0.05) is 121 Å². The number of benzene rings is 8. The molecule has 0 spiro atoms. The van der Waals surface area contributed by atoms with Gasteiger partial charge in [0.1, 0.15) is 42.3 Å². The number of primary amides is 1. The third-order valence-electron chi connectivity index (χ3n) is 18.7. The molecular weight excluding hydrogens is 1340 g/mol. The third-order valence-corrected chi connectivity index (χ3v) is 18.7. The fourth-order valence-corrected chi connectivity index (χ4v) is 13.5. The molecule has 8 N–H and O–H groups in total. The van der Waals surface area contributed by atoms with E-state index in [1.165, 1.54) is 46.8 Å². The Hall–Kier alpha value is -11.5. The van der Waals surface area contributed by atoms with Crippen LogP contribution in [0.4, 0.5) is 13.2 Å². The molecule has 21 heteroatoms. The zero-order chi connectivity index (χ0) is 74.3. The zero-order valence-electron chi connectivity index (χ0n) is 59.3. The van der Waals surface area contributed by atoms with Crippen LogP contribution in [0.15, 0.2) is 241 Å². The summed E-state index contributed by atoms with van der Waals surface area (Å²) in [5.41, 5.74) is 29.2. The van der Waals surface area contributed by atoms with E-state index in [1.807, 2.05) is 109 Å². The van der Waals surface area contributed by atoms with Crippen molar-refractivity contribution in [3.8, 4) is 22.5 Å². The molecule has 1 amide bonds. The van der Waals surface area contributed by atoms with Gasteiger partial charge in [0.05, 0.1) is 36.3 Å². The van der Waals surface area contributed by atoms with E-state index >= 15 is 0 Å². The van der Waals surface area contributed by atoms with Crippen molar-refractivity contribution in [2.45, 2.75) is 122 Å². The van der Waals surface area contributed by atoms with Gasteiger partial charge in [0, 0.05) is 90.2 Å². The fourth-order valence-electron chi connectivity index (χ4n) is 13.5. The van der Waals surface area contributed by atoms with Crippen molar-refractivity contribution >= 4 is 67.9 Å². The minimum atomic E-state index is -0.806. The molecule has 546 valence electrons. The van der Waals surface area contributed by atoms with Gasteiger partial charge in [0.15, 0.2) is 5.78 Å². The second-order valence-electron chi connectivity index (χ2n) is 26.1. The van der Waals surface area contributed by atoms with Crippen LogP contribution in [0.5, 0.6) is 0 Å². The molecule has 0 saturated carbocycles. The van der Waals surface area contributed by atoms with Gasteiger partial charge in [0.2, 0.25) is 11.8 Å². The quantitative estimate of drug-likeness (QED) is 0.0239. The predicted octanol–water partition coefficient (Wildman–Crippen LogP) is 15.0. The number of halogens is 3. The van der Waals surface area contributed by atoms with Crippen molar-refractivity contribution in [3.05, 3.63) is 282 Å². The standard InChI is InChI=1S/C28H28FN3O2.C21H20FNO2.C19H21N5.C17H19FN2O3/c29-24-14-4-3-12-23(24)27-25(31-32-28(27)34-18-20-10-7-17-30-20)15-6-16-26(33)22-13-5-9-19-8-1-2-11-21(19)22;22-18-8-6-17(7-9-18)20-12-10-19(11-13-21(24)25)23(20)15-14-16-4-2-1-3-5-16;20-11-19-22-16-6-2-4-8-18(16)24(19)13-15(21)12-23-10-9-14-5-1-3-7-17(14)23;1-2-23-17(22)11-20-14(8-10-16(19)21)7-9-15(20)12-3-5-13(18)6-4-12/h1-5,8-9,11-14,20,27,30H,6-7,10,15-18H2;1-10,12H,11,13-15H2,(H,24,25);1-10,15H,11-13,20-21H2;3-7,9H,2,8,10-11H2,1H3,(H2,19,21)/t;;15-;/m..1./s1. The van der Waals surface area contributed by atoms with Gasteiger partial charge in [-0.2, -0.15) is 5.10 Å². The van der Waals surface area contributed by atoms with Crippen LogP contribution < -0.4 is 22.5 Å². The van der Waals surface area contributed by atoms with Crippen LogP contribution in [0.25, 0.3) is 55.2 Å². The minimum absolute atomic E-state index is 0.0243. The van der Waals surface area contributed by atoms with Gasteiger partial charge >= 0.3 is 11.9 Å². The van der Waals surface area contributed by atoms with Crippen molar-refractivity contribution < 1.29 is 46.9 Å². The topological polar surface area (TPSA) is 254 Å². The van der Waals surface area contributed by atoms with Crippen LogP contribution in [-0.2, 0) is 75.8 Å². The number of carboxylic acid groups (broad SMARTS) is 1. The van der Waals surface area contributed by atoms with E-state index in [0.29, 0.717) is 69.9 Å². The maximum Gasteiger partial charge on any atom is 0.325 e. The Morgan fingerprint density at radius 1 is 0.632 bits per heavy atom. The first kappa shape index (κ1) is 75.6. The number of ketones is 1. The lowest BCUT2D eigenvalue weighted by Gasteiger charge is -2.19. The average molecular weight is 1430 g/mol. The summed E-state index contributed by atoms with van der Waals surface area (Å²) in [4.78, 5) is 51.4. The first-order valence-electron chi connectivity index (χ1n) is 35.9. The van der Waals surface area contributed by atoms with Gasteiger partial charge in [-0.05, 0) is 194 Å². The summed E-state index contributed by atoms with van der Waals surface area (Å²) in [6, 6.07) is 69.4. The Kier molecular flexibility index (Phi) is 26.6. The highest BCUT2D eigenvalue weighted by molar-refractivity contribution is 6.12. The molecule has 1 saturated heterocycles. The fraction of sp³-hybridized carbons (Fsp3) is 0.259. The van der Waals surface area contributed by atoms with Crippen LogP contribution in [0.1, 0.15) is 96.5 Å². The Morgan fingerprint density at radius 2 is 1.27 bits per heavy atom. The Morgan fingerprint density at radius 3 is 1.96 bits per heavy atom. The molecule has 12 aromatic rings. The normalized spacial score (nSPS) is 14.1. The number of aliphatic carboxylic acids is 1. The number of amides is 1. The summed E-state index contributed by atoms with van der Waals surface area (Å²) in [7, 11) is 0. The molecule has 0 bridgehead atoms. The molecule has 18 nitrogen and oxygen atoms in total. The smallest absolute Gasteiger partial charge is 0.325 e. The number of hydrogen-bond donors (Lipinski definition) is 5. The van der Waals surface area contributed by atoms with Gasteiger partial charge in [0.25, 0.3) is 0 Å². The van der Waals surface area contributed by atoms with E-state index in [2.05, 4.69) is 88.9 Å². The molecule has 8 aromatic carbocycles. The number of para-hydroxylation sites is 3. The van der Waals surface area contributed by atoms with E-state index in [0.717, 1.165) is 112 Å². The first-order chi connectivity index (χ1) is 51.6. The lowest BCUT2D eigenvalue weighted by molar-refractivity contribution is -0.143. The number of Topliss-reactive ketones (excluding diaryl/α,β-unsaturated/α-hetero) is 1. The number of rotatable bonds is 27. The number of carbonyl (C=O) groups is 4. The number of carboxylic acids is 1. The molecule has 2 unspecified atom stereocenters. The summed E-state index contributed by atoms with van der Waals surface area (Å²) in [5.74, 6) is -1.51. The number of aromatic nitrogens is 5. The largest absolute Gasteiger partial charge is 0.481 e. The SMILES string of the molecule is CCOC(=O)Cn1c(CCC(N)=O)ccc1-c1ccc(F)cc1.NCc1nc2ccccc2n1C[C@H](N)Cn1ccc2ccccc21.O=C(CCCC1=NN=C(OCC2CCCN2)C1c1ccccc1F)c1cccc2ccccc12.O=C(O)CCc1ccc(-c2ccc(F)cc2)n1CCc1ccccc1. The highest BCUT2D eigenvalue weighted by Gasteiger charge is 2.33. The summed E-state index contributed by atoms with van der Waals surface area (Å²) in [6.45, 7) is 6.15. The number of nitrogens with one attached hydrogen (secondary N) is 1. The second-order valence-corrected chi connectivity index (χ2v) is 26.1. The Bertz CT molecular complexity index is 5000. The van der Waals surface area contributed by atoms with E-state index in [-0.39, 0.29) is 60.7 Å². The molecule has 2 aliphatic rings. The van der Waals surface area contributed by atoms with Gasteiger partial charge in [-0.15, -0.1) is 5.10 Å². The van der Waals surface area contributed by atoms with Crippen molar-refractivity contribution in [1.82, 2.24) is 28.6 Å². The van der Waals surface area contributed by atoms with E-state index in [1.54, 1.807) is 47.9 Å².